The molecule has 1 aliphatic rings. The molecule has 0 amide bonds. The third-order valence-electron chi connectivity index (χ3n) is 8.66. The molecule has 2 aromatic heterocycles. The molecule has 0 aliphatic carbocycles. The van der Waals surface area contributed by atoms with Gasteiger partial charge in [0.15, 0.2) is 6.17 Å². The number of rotatable bonds is 4. The van der Waals surface area contributed by atoms with E-state index in [-0.39, 0.29) is 0 Å². The molecule has 5 heteroatoms. The summed E-state index contributed by atoms with van der Waals surface area (Å²) in [6, 6.07) is 50.8. The zero-order valence-corrected chi connectivity index (χ0v) is 24.3. The molecule has 0 unspecified atom stereocenters. The van der Waals surface area contributed by atoms with Crippen molar-refractivity contribution >= 4 is 55.2 Å². The number of fused-ring (bicyclic) bond motifs is 6. The van der Waals surface area contributed by atoms with Crippen LogP contribution in [0.25, 0.3) is 49.2 Å². The third kappa shape index (κ3) is 4.20. The Morgan fingerprint density at radius 2 is 1.20 bits per heavy atom. The molecule has 0 bridgehead atoms. The molecule has 6 aromatic carbocycles. The summed E-state index contributed by atoms with van der Waals surface area (Å²) < 4.78 is 2.38. The van der Waals surface area contributed by atoms with E-state index in [0.29, 0.717) is 0 Å². The van der Waals surface area contributed by atoms with Crippen LogP contribution in [0.1, 0.15) is 22.9 Å². The van der Waals surface area contributed by atoms with Crippen molar-refractivity contribution in [2.45, 2.75) is 6.17 Å². The first kappa shape index (κ1) is 25.4. The molecule has 0 fully saturated rings. The van der Waals surface area contributed by atoms with Gasteiger partial charge in [0.25, 0.3) is 0 Å². The maximum absolute atomic E-state index is 5.13. The summed E-state index contributed by atoms with van der Waals surface area (Å²) in [5, 5.41) is 9.30. The molecule has 3 heterocycles. The Bertz CT molecular complexity index is 2400. The Hall–Kier alpha value is -6.07. The van der Waals surface area contributed by atoms with E-state index >= 15 is 0 Å². The van der Waals surface area contributed by atoms with Crippen molar-refractivity contribution in [3.8, 4) is 5.69 Å². The summed E-state index contributed by atoms with van der Waals surface area (Å²) in [5.74, 6) is 1.62. The highest BCUT2D eigenvalue weighted by atomic mass is 15.2. The summed E-state index contributed by atoms with van der Waals surface area (Å²) >= 11 is 0. The van der Waals surface area contributed by atoms with Gasteiger partial charge in [0.2, 0.25) is 0 Å². The fraction of sp³-hybridized carbons (Fsp3) is 0.0250. The van der Waals surface area contributed by atoms with Gasteiger partial charge in [0.05, 0.1) is 22.2 Å². The topological polar surface area (TPSA) is 54.6 Å². The van der Waals surface area contributed by atoms with Crippen molar-refractivity contribution in [3.05, 3.63) is 168 Å². The Morgan fingerprint density at radius 1 is 0.533 bits per heavy atom. The van der Waals surface area contributed by atoms with Crippen LogP contribution in [0.3, 0.4) is 0 Å². The minimum atomic E-state index is -0.395. The lowest BCUT2D eigenvalue weighted by Crippen LogP contribution is -2.35. The van der Waals surface area contributed by atoms with Crippen LogP contribution in [0.2, 0.25) is 0 Å². The highest BCUT2D eigenvalue weighted by molar-refractivity contribution is 6.16. The van der Waals surface area contributed by atoms with Gasteiger partial charge < -0.3 is 9.88 Å². The van der Waals surface area contributed by atoms with Gasteiger partial charge in [-0.05, 0) is 41.3 Å². The second kappa shape index (κ2) is 10.3. The van der Waals surface area contributed by atoms with Crippen LogP contribution in [0.5, 0.6) is 0 Å². The first-order chi connectivity index (χ1) is 22.3. The van der Waals surface area contributed by atoms with E-state index in [1.54, 1.807) is 0 Å². The number of hydrogen-bond acceptors (Lipinski definition) is 4. The average molecular weight is 578 g/mol. The van der Waals surface area contributed by atoms with Crippen molar-refractivity contribution in [1.29, 1.82) is 0 Å². The average Bonchev–Trinajstić information content (AvgIpc) is 3.45. The molecule has 0 radical (unpaired) electrons. The van der Waals surface area contributed by atoms with Crippen LogP contribution in [-0.2, 0) is 0 Å². The summed E-state index contributed by atoms with van der Waals surface area (Å²) in [6.07, 6.45) is 1.48. The number of nitrogens with zero attached hydrogens (tertiary/aromatic N) is 4. The van der Waals surface area contributed by atoms with Crippen molar-refractivity contribution in [2.24, 2.45) is 9.98 Å². The molecule has 0 spiro atoms. The van der Waals surface area contributed by atoms with Crippen molar-refractivity contribution in [1.82, 2.24) is 14.9 Å². The highest BCUT2D eigenvalue weighted by Crippen LogP contribution is 2.38. The lowest BCUT2D eigenvalue weighted by Gasteiger charge is -2.22. The number of hydrogen-bond donors (Lipinski definition) is 1. The van der Waals surface area contributed by atoms with Crippen LogP contribution >= 0.6 is 0 Å². The first-order valence-corrected chi connectivity index (χ1v) is 15.2. The SMILES string of the molecule is c1ccc(C2=NC(c3ccc4c(c3)c3ccccc3n4-c3cccc4ccc5cccnc5c34)N=C(c3ccccc3)N2)cc1. The number of amidine groups is 2. The summed E-state index contributed by atoms with van der Waals surface area (Å²) in [4.78, 5) is 15.1. The zero-order chi connectivity index (χ0) is 29.7. The fourth-order valence-electron chi connectivity index (χ4n) is 6.58. The van der Waals surface area contributed by atoms with E-state index in [1.165, 1.54) is 16.2 Å². The Morgan fingerprint density at radius 3 is 1.98 bits per heavy atom. The number of aliphatic imine (C=N–C) groups is 2. The number of pyridine rings is 1. The second-order valence-electron chi connectivity index (χ2n) is 11.3. The van der Waals surface area contributed by atoms with Crippen molar-refractivity contribution in [2.75, 3.05) is 0 Å². The van der Waals surface area contributed by atoms with E-state index in [4.69, 9.17) is 15.0 Å². The standard InChI is InChI=1S/C40H27N5/c1-3-11-28(12-4-1)38-42-39(29-13-5-2-6-14-29)44-40(43-38)30-22-23-34-32(25-30)31-17-7-8-18-33(31)45(34)35-19-9-15-26-20-21-27-16-10-24-41-37(27)36(26)35/h1-25,40H,(H,42,43,44). The normalized spacial score (nSPS) is 13.7. The number of nitrogens with one attached hydrogen (secondary N) is 1. The van der Waals surface area contributed by atoms with Crippen LogP contribution < -0.4 is 5.32 Å². The molecule has 0 saturated carbocycles. The van der Waals surface area contributed by atoms with Crippen LogP contribution in [0.4, 0.5) is 0 Å². The molecule has 9 rings (SSSR count). The Kier molecular flexibility index (Phi) is 5.81. The largest absolute Gasteiger partial charge is 0.324 e. The molecule has 45 heavy (non-hydrogen) atoms. The minimum Gasteiger partial charge on any atom is -0.324 e. The van der Waals surface area contributed by atoms with Gasteiger partial charge in [0, 0.05) is 38.9 Å². The van der Waals surface area contributed by atoms with E-state index < -0.39 is 6.17 Å². The lowest BCUT2D eigenvalue weighted by molar-refractivity contribution is 0.757. The van der Waals surface area contributed by atoms with Gasteiger partial charge in [-0.2, -0.15) is 0 Å². The Labute approximate surface area is 259 Å². The van der Waals surface area contributed by atoms with Crippen LogP contribution in [0.15, 0.2) is 162 Å². The fourth-order valence-corrected chi connectivity index (χ4v) is 6.58. The quantitative estimate of drug-likeness (QED) is 0.212. The molecular weight excluding hydrogens is 550 g/mol. The molecule has 8 aromatic rings. The summed E-state index contributed by atoms with van der Waals surface area (Å²) in [6.45, 7) is 0. The summed E-state index contributed by atoms with van der Waals surface area (Å²) in [5.41, 5.74) is 7.50. The van der Waals surface area contributed by atoms with E-state index in [2.05, 4.69) is 113 Å². The predicted octanol–water partition coefficient (Wildman–Crippen LogP) is 8.98. The van der Waals surface area contributed by atoms with Gasteiger partial charge in [0.1, 0.15) is 11.7 Å². The predicted molar refractivity (Wildman–Crippen MR) is 185 cm³/mol. The number of para-hydroxylation sites is 1. The van der Waals surface area contributed by atoms with Gasteiger partial charge in [-0.3, -0.25) is 4.98 Å². The van der Waals surface area contributed by atoms with Gasteiger partial charge >= 0.3 is 0 Å². The molecule has 0 atom stereocenters. The van der Waals surface area contributed by atoms with Gasteiger partial charge in [-0.1, -0.05) is 115 Å². The smallest absolute Gasteiger partial charge is 0.169 e. The van der Waals surface area contributed by atoms with Crippen LogP contribution in [0, 0.1) is 0 Å². The van der Waals surface area contributed by atoms with Crippen molar-refractivity contribution in [3.63, 3.8) is 0 Å². The molecular formula is C40H27N5. The van der Waals surface area contributed by atoms with E-state index in [1.807, 2.05) is 48.7 Å². The van der Waals surface area contributed by atoms with Crippen molar-refractivity contribution < 1.29 is 0 Å². The summed E-state index contributed by atoms with van der Waals surface area (Å²) in [7, 11) is 0. The second-order valence-corrected chi connectivity index (χ2v) is 11.3. The Balaban J connectivity index is 1.27. The molecule has 0 saturated heterocycles. The third-order valence-corrected chi connectivity index (χ3v) is 8.66. The maximum atomic E-state index is 5.13. The minimum absolute atomic E-state index is 0.395. The molecule has 1 aliphatic heterocycles. The number of benzene rings is 6. The number of aromatic nitrogens is 2. The highest BCUT2D eigenvalue weighted by Gasteiger charge is 2.22. The molecule has 212 valence electrons. The van der Waals surface area contributed by atoms with E-state index in [0.717, 1.165) is 61.4 Å². The zero-order valence-electron chi connectivity index (χ0n) is 24.3. The van der Waals surface area contributed by atoms with Gasteiger partial charge in [-0.25, -0.2) is 9.98 Å². The lowest BCUT2D eigenvalue weighted by atomic mass is 10.0. The molecule has 1 N–H and O–H groups in total. The van der Waals surface area contributed by atoms with Crippen LogP contribution in [-0.4, -0.2) is 21.2 Å². The maximum Gasteiger partial charge on any atom is 0.169 e. The van der Waals surface area contributed by atoms with E-state index in [9.17, 15) is 0 Å². The molecule has 5 nitrogen and oxygen atoms in total. The monoisotopic (exact) mass is 577 g/mol. The van der Waals surface area contributed by atoms with Gasteiger partial charge in [-0.15, -0.1) is 0 Å². The first-order valence-electron chi connectivity index (χ1n) is 15.2.